The van der Waals surface area contributed by atoms with Crippen molar-refractivity contribution in [1.29, 1.82) is 0 Å². The van der Waals surface area contributed by atoms with Crippen molar-refractivity contribution in [3.05, 3.63) is 99.1 Å². The van der Waals surface area contributed by atoms with Gasteiger partial charge in [-0.25, -0.2) is 4.39 Å². The van der Waals surface area contributed by atoms with Crippen LogP contribution < -0.4 is 16.1 Å². The van der Waals surface area contributed by atoms with Crippen LogP contribution in [0.25, 0.3) is 10.9 Å². The molecule has 1 aliphatic carbocycles. The highest BCUT2D eigenvalue weighted by molar-refractivity contribution is 5.81. The minimum Gasteiger partial charge on any atom is -0.369 e. The van der Waals surface area contributed by atoms with Crippen molar-refractivity contribution in [2.45, 2.75) is 71.2 Å². The number of fused-ring (bicyclic) bond motifs is 1. The average molecular weight is 541 g/mol. The van der Waals surface area contributed by atoms with Crippen molar-refractivity contribution in [3.63, 3.8) is 0 Å². The summed E-state index contributed by atoms with van der Waals surface area (Å²) in [6, 6.07) is 12.1. The number of aryl methyl sites for hydroxylation is 2. The summed E-state index contributed by atoms with van der Waals surface area (Å²) in [5.74, 6) is -0.412. The van der Waals surface area contributed by atoms with Gasteiger partial charge in [-0.05, 0) is 81.5 Å². The van der Waals surface area contributed by atoms with Gasteiger partial charge >= 0.3 is 0 Å². The van der Waals surface area contributed by atoms with Crippen molar-refractivity contribution in [2.24, 2.45) is 5.73 Å². The van der Waals surface area contributed by atoms with Crippen LogP contribution in [0.3, 0.4) is 0 Å². The summed E-state index contributed by atoms with van der Waals surface area (Å²) in [5, 5.41) is 0.440. The number of benzene rings is 1. The van der Waals surface area contributed by atoms with Crippen LogP contribution in [0.4, 0.5) is 10.1 Å². The molecule has 8 heteroatoms. The molecule has 7 nitrogen and oxygen atoms in total. The zero-order valence-corrected chi connectivity index (χ0v) is 23.3. The maximum atomic E-state index is 14.8. The highest BCUT2D eigenvalue weighted by atomic mass is 19.1. The highest BCUT2D eigenvalue weighted by Crippen LogP contribution is 2.37. The lowest BCUT2D eigenvalue weighted by Crippen LogP contribution is -2.48. The minimum absolute atomic E-state index is 0.0966. The molecular weight excluding hydrogens is 503 g/mol. The number of pyridine rings is 3. The molecule has 1 aliphatic heterocycles. The van der Waals surface area contributed by atoms with E-state index in [0.717, 1.165) is 61.4 Å². The van der Waals surface area contributed by atoms with Crippen LogP contribution in [0.2, 0.25) is 0 Å². The number of piperidine rings is 1. The van der Waals surface area contributed by atoms with Gasteiger partial charge in [0.05, 0.1) is 17.4 Å². The number of aromatic nitrogens is 3. The predicted molar refractivity (Wildman–Crippen MR) is 157 cm³/mol. The summed E-state index contributed by atoms with van der Waals surface area (Å²) < 4.78 is 17.0. The SMILES string of the molecule is Cc1ccc(N2CCC[C@H](N(Cc3ccnc(C)c3)Cc3cn(C4CC4)c4cc(CN)c(F)cc4c3=O)C2)cn1. The first kappa shape index (κ1) is 26.6. The van der Waals surface area contributed by atoms with Crippen LogP contribution in [0, 0.1) is 19.7 Å². The van der Waals surface area contributed by atoms with Gasteiger partial charge in [0, 0.05) is 85.1 Å². The van der Waals surface area contributed by atoms with E-state index >= 15 is 0 Å². The van der Waals surface area contributed by atoms with E-state index in [1.165, 1.54) is 11.6 Å². The van der Waals surface area contributed by atoms with Gasteiger partial charge in [-0.15, -0.1) is 0 Å². The molecule has 6 rings (SSSR count). The predicted octanol–water partition coefficient (Wildman–Crippen LogP) is 5.01. The molecular formula is C32H37FN6O. The van der Waals surface area contributed by atoms with Crippen molar-refractivity contribution in [3.8, 4) is 0 Å². The van der Waals surface area contributed by atoms with Gasteiger partial charge in [-0.3, -0.25) is 19.7 Å². The first-order valence-electron chi connectivity index (χ1n) is 14.3. The summed E-state index contributed by atoms with van der Waals surface area (Å²) in [6.07, 6.45) is 10.1. The Morgan fingerprint density at radius 1 is 1.02 bits per heavy atom. The number of halogens is 1. The monoisotopic (exact) mass is 540 g/mol. The lowest BCUT2D eigenvalue weighted by atomic mass is 10.0. The number of anilines is 1. The quantitative estimate of drug-likeness (QED) is 0.338. The molecule has 0 bridgehead atoms. The number of hydrogen-bond donors (Lipinski definition) is 1. The topological polar surface area (TPSA) is 80.3 Å². The second-order valence-electron chi connectivity index (χ2n) is 11.4. The zero-order valence-electron chi connectivity index (χ0n) is 23.3. The Balaban J connectivity index is 1.37. The third-order valence-electron chi connectivity index (χ3n) is 8.33. The molecule has 40 heavy (non-hydrogen) atoms. The van der Waals surface area contributed by atoms with Gasteiger partial charge in [0.15, 0.2) is 5.43 Å². The Kier molecular flexibility index (Phi) is 7.38. The Labute approximate surface area is 234 Å². The van der Waals surface area contributed by atoms with E-state index in [0.29, 0.717) is 35.6 Å². The molecule has 0 amide bonds. The first-order valence-corrected chi connectivity index (χ1v) is 14.3. The van der Waals surface area contributed by atoms with Crippen LogP contribution in [0.15, 0.2) is 59.8 Å². The summed E-state index contributed by atoms with van der Waals surface area (Å²) in [6.45, 7) is 7.15. The molecule has 1 saturated carbocycles. The molecule has 0 spiro atoms. The summed E-state index contributed by atoms with van der Waals surface area (Å²) in [4.78, 5) is 27.6. The Morgan fingerprint density at radius 2 is 1.88 bits per heavy atom. The van der Waals surface area contributed by atoms with Gasteiger partial charge in [0.1, 0.15) is 5.82 Å². The molecule has 1 aromatic carbocycles. The smallest absolute Gasteiger partial charge is 0.193 e. The van der Waals surface area contributed by atoms with E-state index in [4.69, 9.17) is 5.73 Å². The lowest BCUT2D eigenvalue weighted by Gasteiger charge is -2.40. The fourth-order valence-corrected chi connectivity index (χ4v) is 6.00. The lowest BCUT2D eigenvalue weighted by molar-refractivity contribution is 0.158. The Hall–Kier alpha value is -3.62. The second kappa shape index (κ2) is 11.1. The largest absolute Gasteiger partial charge is 0.369 e. The second-order valence-corrected chi connectivity index (χ2v) is 11.4. The van der Waals surface area contributed by atoms with Crippen LogP contribution in [-0.4, -0.2) is 38.6 Å². The van der Waals surface area contributed by atoms with E-state index in [-0.39, 0.29) is 18.0 Å². The minimum atomic E-state index is -0.412. The van der Waals surface area contributed by atoms with E-state index in [9.17, 15) is 9.18 Å². The third kappa shape index (κ3) is 5.51. The Morgan fingerprint density at radius 3 is 2.60 bits per heavy atom. The Bertz CT molecular complexity index is 1580. The van der Waals surface area contributed by atoms with Crippen LogP contribution in [-0.2, 0) is 19.6 Å². The van der Waals surface area contributed by atoms with Gasteiger partial charge in [0.2, 0.25) is 0 Å². The maximum absolute atomic E-state index is 14.8. The third-order valence-corrected chi connectivity index (χ3v) is 8.33. The molecule has 1 saturated heterocycles. The number of rotatable bonds is 8. The molecule has 4 heterocycles. The van der Waals surface area contributed by atoms with E-state index in [1.807, 2.05) is 32.4 Å². The first-order chi connectivity index (χ1) is 19.4. The van der Waals surface area contributed by atoms with Crippen molar-refractivity contribution >= 4 is 16.6 Å². The van der Waals surface area contributed by atoms with E-state index in [2.05, 4.69) is 48.6 Å². The fraction of sp³-hybridized carbons (Fsp3) is 0.406. The normalized spacial score (nSPS) is 17.6. The highest BCUT2D eigenvalue weighted by Gasteiger charge is 2.29. The maximum Gasteiger partial charge on any atom is 0.193 e. The molecule has 0 radical (unpaired) electrons. The zero-order chi connectivity index (χ0) is 27.8. The standard InChI is InChI=1S/C32H37FN6O/c1-21-5-6-27(16-36-21)37-11-3-4-28(20-37)38(17-23-9-10-35-22(2)12-23)18-25-19-39(26-7-8-26)31-13-24(15-34)30(33)14-29(31)32(25)40/h5-6,9-10,12-14,16,19,26,28H,3-4,7-8,11,15,17-18,20,34H2,1-2H3/t28-/m0/s1. The van der Waals surface area contributed by atoms with Gasteiger partial charge in [-0.1, -0.05) is 0 Å². The molecule has 4 aromatic rings. The molecule has 3 aromatic heterocycles. The van der Waals surface area contributed by atoms with Crippen molar-refractivity contribution in [1.82, 2.24) is 19.4 Å². The van der Waals surface area contributed by atoms with Crippen LogP contribution >= 0.6 is 0 Å². The van der Waals surface area contributed by atoms with Gasteiger partial charge in [-0.2, -0.15) is 0 Å². The molecule has 1 atom stereocenters. The molecule has 2 fully saturated rings. The molecule has 2 aliphatic rings. The molecule has 2 N–H and O–H groups in total. The van der Waals surface area contributed by atoms with Gasteiger partial charge < -0.3 is 15.2 Å². The summed E-state index contributed by atoms with van der Waals surface area (Å²) in [7, 11) is 0. The average Bonchev–Trinajstić information content (AvgIpc) is 3.80. The summed E-state index contributed by atoms with van der Waals surface area (Å²) in [5.41, 5.74) is 11.9. The summed E-state index contributed by atoms with van der Waals surface area (Å²) >= 11 is 0. The van der Waals surface area contributed by atoms with E-state index in [1.54, 1.807) is 6.07 Å². The fourth-order valence-electron chi connectivity index (χ4n) is 6.00. The molecule has 208 valence electrons. The van der Waals surface area contributed by atoms with Crippen LogP contribution in [0.1, 0.15) is 59.8 Å². The molecule has 0 unspecified atom stereocenters. The number of nitrogens with two attached hydrogens (primary N) is 1. The van der Waals surface area contributed by atoms with Gasteiger partial charge in [0.25, 0.3) is 0 Å². The number of nitrogens with zero attached hydrogens (tertiary/aromatic N) is 5. The number of hydrogen-bond acceptors (Lipinski definition) is 6. The van der Waals surface area contributed by atoms with Crippen molar-refractivity contribution < 1.29 is 4.39 Å². The van der Waals surface area contributed by atoms with Crippen molar-refractivity contribution in [2.75, 3.05) is 18.0 Å². The van der Waals surface area contributed by atoms with E-state index < -0.39 is 5.82 Å². The van der Waals surface area contributed by atoms with Crippen LogP contribution in [0.5, 0.6) is 0 Å².